The summed E-state index contributed by atoms with van der Waals surface area (Å²) < 4.78 is 33.9. The quantitative estimate of drug-likeness (QED) is 0.494. The van der Waals surface area contributed by atoms with Crippen LogP contribution in [0.1, 0.15) is 34.0 Å². The van der Waals surface area contributed by atoms with Gasteiger partial charge in [0, 0.05) is 35.5 Å². The molecule has 0 aliphatic carbocycles. The molecule has 0 fully saturated rings. The number of hydrogen-bond donors (Lipinski definition) is 1. The van der Waals surface area contributed by atoms with Crippen LogP contribution >= 0.6 is 11.6 Å². The number of carboxylic acid groups (broad SMARTS) is 1. The average molecular weight is 486 g/mol. The second-order valence-corrected chi connectivity index (χ2v) is 9.06. The molecule has 34 heavy (non-hydrogen) atoms. The highest BCUT2D eigenvalue weighted by molar-refractivity contribution is 6.30. The number of rotatable bonds is 7. The van der Waals surface area contributed by atoms with Gasteiger partial charge in [-0.1, -0.05) is 35.9 Å². The van der Waals surface area contributed by atoms with Crippen LogP contribution in [0.15, 0.2) is 60.7 Å². The van der Waals surface area contributed by atoms with Crippen LogP contribution in [0.2, 0.25) is 5.02 Å². The van der Waals surface area contributed by atoms with E-state index in [0.717, 1.165) is 22.1 Å². The highest BCUT2D eigenvalue weighted by Gasteiger charge is 2.35. The molecule has 3 aromatic rings. The lowest BCUT2D eigenvalue weighted by Crippen LogP contribution is -2.35. The predicted molar refractivity (Wildman–Crippen MR) is 123 cm³/mol. The van der Waals surface area contributed by atoms with Crippen LogP contribution in [-0.4, -0.2) is 34.0 Å². The zero-order chi connectivity index (χ0) is 24.5. The van der Waals surface area contributed by atoms with Crippen molar-refractivity contribution in [3.63, 3.8) is 0 Å². The molecule has 176 valence electrons. The number of aliphatic carboxylic acids is 1. The van der Waals surface area contributed by atoms with E-state index in [4.69, 9.17) is 16.3 Å². The van der Waals surface area contributed by atoms with Gasteiger partial charge >= 0.3 is 5.97 Å². The van der Waals surface area contributed by atoms with Gasteiger partial charge in [0.05, 0.1) is 0 Å². The molecule has 1 heterocycles. The summed E-state index contributed by atoms with van der Waals surface area (Å²) in [5.41, 5.74) is 1.49. The number of halogens is 3. The molecule has 5 nitrogen and oxygen atoms in total. The summed E-state index contributed by atoms with van der Waals surface area (Å²) in [4.78, 5) is 25.5. The zero-order valence-electron chi connectivity index (χ0n) is 18.4. The number of carboxylic acids is 1. The first-order valence-corrected chi connectivity index (χ1v) is 11.0. The molecule has 3 aromatic carbocycles. The van der Waals surface area contributed by atoms with E-state index in [1.165, 1.54) is 12.1 Å². The molecular weight excluding hydrogens is 464 g/mol. The molecule has 0 radical (unpaired) electrons. The second kappa shape index (κ2) is 9.43. The summed E-state index contributed by atoms with van der Waals surface area (Å²) in [6.07, 6.45) is 1.18. The Balaban J connectivity index is 1.54. The van der Waals surface area contributed by atoms with Crippen molar-refractivity contribution in [3.8, 4) is 5.75 Å². The molecule has 0 aromatic heterocycles. The van der Waals surface area contributed by atoms with Gasteiger partial charge in [-0.05, 0) is 54.4 Å². The molecule has 1 aliphatic heterocycles. The fourth-order valence-electron chi connectivity index (χ4n) is 4.21. The number of ether oxygens (including phenoxy) is 1. The normalized spacial score (nSPS) is 16.6. The second-order valence-electron chi connectivity index (χ2n) is 8.62. The van der Waals surface area contributed by atoms with Gasteiger partial charge in [-0.25, -0.2) is 8.78 Å². The van der Waals surface area contributed by atoms with Gasteiger partial charge in [0.15, 0.2) is 11.6 Å². The fourth-order valence-corrected chi connectivity index (χ4v) is 4.33. The lowest BCUT2D eigenvalue weighted by atomic mass is 9.91. The van der Waals surface area contributed by atoms with Gasteiger partial charge in [-0.15, -0.1) is 0 Å². The maximum absolute atomic E-state index is 14.1. The van der Waals surface area contributed by atoms with Crippen molar-refractivity contribution in [2.45, 2.75) is 31.9 Å². The highest BCUT2D eigenvalue weighted by atomic mass is 35.5. The third-order valence-electron chi connectivity index (χ3n) is 5.73. The molecule has 0 spiro atoms. The molecule has 1 atom stereocenters. The predicted octanol–water partition coefficient (Wildman–Crippen LogP) is 5.28. The van der Waals surface area contributed by atoms with Crippen LogP contribution in [0.3, 0.4) is 0 Å². The topological polar surface area (TPSA) is 66.8 Å². The fraction of sp³-hybridized carbons (Fsp3) is 0.231. The monoisotopic (exact) mass is 485 g/mol. The number of benzene rings is 3. The largest absolute Gasteiger partial charge is 0.487 e. The molecule has 4 rings (SSSR count). The van der Waals surface area contributed by atoms with Crippen molar-refractivity contribution >= 4 is 23.5 Å². The molecule has 8 heteroatoms. The Morgan fingerprint density at radius 3 is 2.56 bits per heavy atom. The van der Waals surface area contributed by atoms with Crippen molar-refractivity contribution < 1.29 is 28.2 Å². The first kappa shape index (κ1) is 23.7. The SMILES string of the molecule is C[C@]1(Cc2ccc(Cl)cc2)Cc2cc(C(=O)N(CC(=O)O)Cc3cccc(F)c3F)ccc2O1. The Kier molecular flexibility index (Phi) is 6.57. The van der Waals surface area contributed by atoms with Crippen molar-refractivity contribution in [2.75, 3.05) is 6.54 Å². The standard InChI is InChI=1S/C26H22ClF2NO4/c1-26(12-16-5-8-20(27)9-6-16)13-19-11-17(7-10-22(19)34-26)25(33)30(15-23(31)32)14-18-3-2-4-21(28)24(18)29/h2-11H,12-15H2,1H3,(H,31,32)/t26-/m0/s1. The molecule has 1 aliphatic rings. The molecule has 0 bridgehead atoms. The summed E-state index contributed by atoms with van der Waals surface area (Å²) in [5.74, 6) is -3.37. The van der Waals surface area contributed by atoms with Crippen LogP contribution in [-0.2, 0) is 24.2 Å². The summed E-state index contributed by atoms with van der Waals surface area (Å²) >= 11 is 5.96. The summed E-state index contributed by atoms with van der Waals surface area (Å²) in [5, 5.41) is 9.92. The third kappa shape index (κ3) is 5.20. The number of nitrogens with zero attached hydrogens (tertiary/aromatic N) is 1. The molecule has 1 N–H and O–H groups in total. The minimum atomic E-state index is -1.26. The van der Waals surface area contributed by atoms with Crippen LogP contribution in [0, 0.1) is 11.6 Å². The Labute approximate surface area is 200 Å². The minimum absolute atomic E-state index is 0.102. The molecular formula is C26H22ClF2NO4. The van der Waals surface area contributed by atoms with Crippen LogP contribution < -0.4 is 4.74 Å². The van der Waals surface area contributed by atoms with Crippen molar-refractivity contribution in [1.29, 1.82) is 0 Å². The van der Waals surface area contributed by atoms with Gasteiger partial charge in [-0.2, -0.15) is 0 Å². The van der Waals surface area contributed by atoms with Crippen molar-refractivity contribution in [2.24, 2.45) is 0 Å². The van der Waals surface area contributed by atoms with Gasteiger partial charge in [0.1, 0.15) is 17.9 Å². The summed E-state index contributed by atoms with van der Waals surface area (Å²) in [7, 11) is 0. The maximum Gasteiger partial charge on any atom is 0.323 e. The van der Waals surface area contributed by atoms with E-state index in [9.17, 15) is 23.5 Å². The highest BCUT2D eigenvalue weighted by Crippen LogP contribution is 2.38. The third-order valence-corrected chi connectivity index (χ3v) is 5.98. The summed E-state index contributed by atoms with van der Waals surface area (Å²) in [6.45, 7) is 0.944. The van der Waals surface area contributed by atoms with E-state index in [1.807, 2.05) is 31.2 Å². The molecule has 1 amide bonds. The van der Waals surface area contributed by atoms with Crippen LogP contribution in [0.25, 0.3) is 0 Å². The first-order valence-electron chi connectivity index (χ1n) is 10.6. The Bertz CT molecular complexity index is 1250. The Hall–Kier alpha value is -3.45. The van der Waals surface area contributed by atoms with E-state index in [1.54, 1.807) is 18.2 Å². The van der Waals surface area contributed by atoms with Gasteiger partial charge in [0.25, 0.3) is 5.91 Å². The van der Waals surface area contributed by atoms with Crippen LogP contribution in [0.5, 0.6) is 5.75 Å². The molecule has 0 unspecified atom stereocenters. The smallest absolute Gasteiger partial charge is 0.323 e. The van der Waals surface area contributed by atoms with E-state index >= 15 is 0 Å². The van der Waals surface area contributed by atoms with E-state index in [2.05, 4.69) is 0 Å². The van der Waals surface area contributed by atoms with Crippen molar-refractivity contribution in [3.05, 3.63) is 99.6 Å². The Morgan fingerprint density at radius 1 is 1.12 bits per heavy atom. The number of amides is 1. The molecule has 0 saturated heterocycles. The average Bonchev–Trinajstić information content (AvgIpc) is 3.12. The number of fused-ring (bicyclic) bond motifs is 1. The lowest BCUT2D eigenvalue weighted by Gasteiger charge is -2.24. The van der Waals surface area contributed by atoms with Crippen LogP contribution in [0.4, 0.5) is 8.78 Å². The van der Waals surface area contributed by atoms with E-state index < -0.39 is 35.7 Å². The number of carbonyl (C=O) groups is 2. The minimum Gasteiger partial charge on any atom is -0.487 e. The lowest BCUT2D eigenvalue weighted by molar-refractivity contribution is -0.137. The van der Waals surface area contributed by atoms with E-state index in [0.29, 0.717) is 23.6 Å². The van der Waals surface area contributed by atoms with Gasteiger partial charge in [0.2, 0.25) is 0 Å². The number of carbonyl (C=O) groups excluding carboxylic acids is 1. The Morgan fingerprint density at radius 2 is 1.85 bits per heavy atom. The zero-order valence-corrected chi connectivity index (χ0v) is 19.1. The van der Waals surface area contributed by atoms with Crippen molar-refractivity contribution in [1.82, 2.24) is 4.90 Å². The first-order chi connectivity index (χ1) is 16.1. The number of hydrogen-bond acceptors (Lipinski definition) is 3. The summed E-state index contributed by atoms with van der Waals surface area (Å²) in [6, 6.07) is 16.0. The molecule has 0 saturated carbocycles. The van der Waals surface area contributed by atoms with Gasteiger partial charge in [-0.3, -0.25) is 9.59 Å². The maximum atomic E-state index is 14.1. The van der Waals surface area contributed by atoms with Gasteiger partial charge < -0.3 is 14.7 Å². The van der Waals surface area contributed by atoms with E-state index in [-0.39, 0.29) is 17.7 Å².